The topological polar surface area (TPSA) is 42.9 Å². The highest BCUT2D eigenvalue weighted by Gasteiger charge is 2.22. The molecule has 0 spiro atoms. The van der Waals surface area contributed by atoms with Gasteiger partial charge >= 0.3 is 0 Å². The Bertz CT molecular complexity index is 601. The molecule has 0 saturated heterocycles. The van der Waals surface area contributed by atoms with Crippen LogP contribution in [0.25, 0.3) is 10.6 Å². The first kappa shape index (κ1) is 12.9. The van der Waals surface area contributed by atoms with E-state index in [4.69, 9.17) is 0 Å². The molecule has 1 saturated carbocycles. The lowest BCUT2D eigenvalue weighted by Gasteiger charge is -2.19. The monoisotopic (exact) mass is 336 g/mol. The van der Waals surface area contributed by atoms with Crippen molar-refractivity contribution in [3.63, 3.8) is 0 Å². The Labute approximate surface area is 124 Å². The first-order valence-corrected chi connectivity index (χ1v) is 7.93. The summed E-state index contributed by atoms with van der Waals surface area (Å²) in [4.78, 5) is 21.5. The summed E-state index contributed by atoms with van der Waals surface area (Å²) >= 11 is 5.14. The molecule has 0 atom stereocenters. The third kappa shape index (κ3) is 2.92. The van der Waals surface area contributed by atoms with Gasteiger partial charge in [-0.2, -0.15) is 0 Å². The maximum Gasteiger partial charge on any atom is 0.132 e. The summed E-state index contributed by atoms with van der Waals surface area (Å²) in [5, 5.41) is 0. The van der Waals surface area contributed by atoms with Gasteiger partial charge in [0, 0.05) is 25.0 Å². The lowest BCUT2D eigenvalue weighted by Crippen LogP contribution is -2.14. The van der Waals surface area contributed by atoms with E-state index in [1.165, 1.54) is 0 Å². The van der Waals surface area contributed by atoms with Crippen LogP contribution in [0.1, 0.15) is 37.4 Å². The van der Waals surface area contributed by atoms with E-state index in [9.17, 15) is 4.79 Å². The van der Waals surface area contributed by atoms with E-state index < -0.39 is 0 Å². The largest absolute Gasteiger partial charge is 0.300 e. The van der Waals surface area contributed by atoms with E-state index in [1.807, 2.05) is 18.3 Å². The van der Waals surface area contributed by atoms with Gasteiger partial charge in [-0.3, -0.25) is 4.79 Å². The Morgan fingerprint density at radius 2 is 2.00 bits per heavy atom. The van der Waals surface area contributed by atoms with Crippen LogP contribution in [0, 0.1) is 0 Å². The van der Waals surface area contributed by atoms with Crippen LogP contribution in [0.3, 0.4) is 0 Å². The molecule has 2 aromatic heterocycles. The lowest BCUT2D eigenvalue weighted by atomic mass is 9.88. The number of rotatable bonds is 2. The highest BCUT2D eigenvalue weighted by Crippen LogP contribution is 2.33. The van der Waals surface area contributed by atoms with Crippen molar-refractivity contribution < 1.29 is 4.79 Å². The van der Waals surface area contributed by atoms with Gasteiger partial charge in [0.05, 0.1) is 14.4 Å². The fourth-order valence-electron chi connectivity index (χ4n) is 2.36. The maximum atomic E-state index is 11.3. The molecule has 1 aliphatic rings. The summed E-state index contributed by atoms with van der Waals surface area (Å²) < 4.78 is 1.10. The molecule has 0 aliphatic heterocycles. The number of carbonyl (C=O) groups is 1. The number of Topliss-reactive ketones (excluding diaryl/α,β-unsaturated/α-hetero) is 1. The normalized spacial score (nSPS) is 16.8. The van der Waals surface area contributed by atoms with E-state index in [0.717, 1.165) is 33.0 Å². The molecule has 3 rings (SSSR count). The van der Waals surface area contributed by atoms with Gasteiger partial charge in [0.15, 0.2) is 0 Å². The first-order valence-electron chi connectivity index (χ1n) is 6.33. The Morgan fingerprint density at radius 1 is 1.21 bits per heavy atom. The predicted molar refractivity (Wildman–Crippen MR) is 79.3 cm³/mol. The van der Waals surface area contributed by atoms with Gasteiger partial charge in [0.2, 0.25) is 0 Å². The number of thiophene rings is 1. The molecule has 19 heavy (non-hydrogen) atoms. The molecule has 5 heteroatoms. The van der Waals surface area contributed by atoms with Gasteiger partial charge in [-0.05, 0) is 47.0 Å². The molecule has 0 amide bonds. The van der Waals surface area contributed by atoms with Gasteiger partial charge in [-0.15, -0.1) is 11.3 Å². The van der Waals surface area contributed by atoms with Crippen LogP contribution in [0.4, 0.5) is 0 Å². The van der Waals surface area contributed by atoms with Crippen LogP contribution < -0.4 is 0 Å². The van der Waals surface area contributed by atoms with Crippen LogP contribution in [0.2, 0.25) is 0 Å². The van der Waals surface area contributed by atoms with Crippen molar-refractivity contribution in [2.45, 2.75) is 31.6 Å². The number of aromatic nitrogens is 2. The minimum Gasteiger partial charge on any atom is -0.300 e. The fraction of sp³-hybridized carbons (Fsp3) is 0.357. The van der Waals surface area contributed by atoms with Crippen LogP contribution in [0.5, 0.6) is 0 Å². The van der Waals surface area contributed by atoms with E-state index in [2.05, 4.69) is 32.0 Å². The van der Waals surface area contributed by atoms with Gasteiger partial charge in [-0.1, -0.05) is 0 Å². The van der Waals surface area contributed by atoms with Crippen LogP contribution in [-0.2, 0) is 4.79 Å². The second-order valence-corrected chi connectivity index (χ2v) is 7.18. The highest BCUT2D eigenvalue weighted by atomic mass is 79.9. The Hall–Kier alpha value is -1.07. The Balaban J connectivity index is 1.85. The average Bonchev–Trinajstić information content (AvgIpc) is 2.86. The summed E-state index contributed by atoms with van der Waals surface area (Å²) in [6, 6.07) is 6.03. The van der Waals surface area contributed by atoms with Crippen LogP contribution in [-0.4, -0.2) is 15.8 Å². The Morgan fingerprint density at radius 3 is 2.68 bits per heavy atom. The van der Waals surface area contributed by atoms with Gasteiger partial charge < -0.3 is 0 Å². The molecule has 1 fully saturated rings. The predicted octanol–water partition coefficient (Wildman–Crippen LogP) is 4.19. The molecule has 0 aromatic carbocycles. The smallest absolute Gasteiger partial charge is 0.132 e. The molecule has 2 heterocycles. The molecule has 3 nitrogen and oxygen atoms in total. The number of hydrogen-bond acceptors (Lipinski definition) is 4. The van der Waals surface area contributed by atoms with Gasteiger partial charge in [0.25, 0.3) is 0 Å². The molecule has 1 aliphatic carbocycles. The van der Waals surface area contributed by atoms with E-state index in [0.29, 0.717) is 24.5 Å². The van der Waals surface area contributed by atoms with Crippen molar-refractivity contribution in [1.82, 2.24) is 9.97 Å². The number of ketones is 1. The molecule has 0 radical (unpaired) electrons. The van der Waals surface area contributed by atoms with Crippen molar-refractivity contribution in [3.05, 3.63) is 34.0 Å². The molecule has 0 unspecified atom stereocenters. The van der Waals surface area contributed by atoms with Crippen molar-refractivity contribution in [2.24, 2.45) is 0 Å². The van der Waals surface area contributed by atoms with Crippen LogP contribution >= 0.6 is 27.3 Å². The van der Waals surface area contributed by atoms with Gasteiger partial charge in [-0.25, -0.2) is 9.97 Å². The molecule has 2 aromatic rings. The molecular formula is C14H13BrN2OS. The number of hydrogen-bond donors (Lipinski definition) is 0. The summed E-state index contributed by atoms with van der Waals surface area (Å²) in [6.45, 7) is 0. The SMILES string of the molecule is O=C1CCC(c2nccc(-c3ccc(Br)s3)n2)CC1. The number of nitrogens with zero attached hydrogens (tertiary/aromatic N) is 2. The standard InChI is InChI=1S/C14H13BrN2OS/c15-13-6-5-12(19-13)11-7-8-16-14(17-11)9-1-3-10(18)4-2-9/h5-9H,1-4H2. The quantitative estimate of drug-likeness (QED) is 0.825. The fourth-order valence-corrected chi connectivity index (χ4v) is 3.71. The second kappa shape index (κ2) is 5.51. The number of halogens is 1. The summed E-state index contributed by atoms with van der Waals surface area (Å²) in [7, 11) is 0. The second-order valence-electron chi connectivity index (χ2n) is 4.72. The maximum absolute atomic E-state index is 11.3. The van der Waals surface area contributed by atoms with E-state index in [-0.39, 0.29) is 0 Å². The first-order chi connectivity index (χ1) is 9.22. The van der Waals surface area contributed by atoms with Crippen molar-refractivity contribution in [2.75, 3.05) is 0 Å². The summed E-state index contributed by atoms with van der Waals surface area (Å²) in [5.41, 5.74) is 0.970. The average molecular weight is 337 g/mol. The third-order valence-electron chi connectivity index (χ3n) is 3.41. The van der Waals surface area contributed by atoms with Crippen LogP contribution in [0.15, 0.2) is 28.2 Å². The summed E-state index contributed by atoms with van der Waals surface area (Å²) in [6.07, 6.45) is 4.93. The van der Waals surface area contributed by atoms with Gasteiger partial charge in [0.1, 0.15) is 11.6 Å². The Kier molecular flexibility index (Phi) is 3.75. The molecular weight excluding hydrogens is 324 g/mol. The highest BCUT2D eigenvalue weighted by molar-refractivity contribution is 9.11. The molecule has 98 valence electrons. The zero-order valence-corrected chi connectivity index (χ0v) is 12.7. The van der Waals surface area contributed by atoms with Crippen molar-refractivity contribution >= 4 is 33.0 Å². The zero-order valence-electron chi connectivity index (χ0n) is 10.3. The number of carbonyl (C=O) groups excluding carboxylic acids is 1. The van der Waals surface area contributed by atoms with E-state index >= 15 is 0 Å². The molecule has 0 N–H and O–H groups in total. The lowest BCUT2D eigenvalue weighted by molar-refractivity contribution is -0.120. The minimum atomic E-state index is 0.334. The van der Waals surface area contributed by atoms with Crippen molar-refractivity contribution in [3.8, 4) is 10.6 Å². The summed E-state index contributed by atoms with van der Waals surface area (Å²) in [5.74, 6) is 1.59. The zero-order chi connectivity index (χ0) is 13.2. The third-order valence-corrected chi connectivity index (χ3v) is 5.05. The molecule has 0 bridgehead atoms. The minimum absolute atomic E-state index is 0.334. The van der Waals surface area contributed by atoms with Crippen molar-refractivity contribution in [1.29, 1.82) is 0 Å². The van der Waals surface area contributed by atoms with E-state index in [1.54, 1.807) is 11.3 Å².